The first-order chi connectivity index (χ1) is 17.7. The van der Waals surface area contributed by atoms with Gasteiger partial charge in [-0.2, -0.15) is 0 Å². The summed E-state index contributed by atoms with van der Waals surface area (Å²) in [6.45, 7) is 5.00. The molecule has 6 nitrogen and oxygen atoms in total. The molecule has 0 aliphatic carbocycles. The molecule has 1 N–H and O–H groups in total. The van der Waals surface area contributed by atoms with Gasteiger partial charge >= 0.3 is 5.97 Å². The number of ether oxygens (including phenoxy) is 2. The average molecular weight is 599 g/mol. The highest BCUT2D eigenvalue weighted by molar-refractivity contribution is 9.10. The fourth-order valence-corrected chi connectivity index (χ4v) is 5.28. The molecule has 1 amide bonds. The van der Waals surface area contributed by atoms with E-state index in [4.69, 9.17) is 26.8 Å². The van der Waals surface area contributed by atoms with Crippen LogP contribution >= 0.6 is 39.9 Å². The monoisotopic (exact) mass is 597 g/mol. The lowest BCUT2D eigenvalue weighted by atomic mass is 10.1. The van der Waals surface area contributed by atoms with Crippen LogP contribution in [0.2, 0.25) is 0 Å². The van der Waals surface area contributed by atoms with Gasteiger partial charge < -0.3 is 14.6 Å². The third-order valence-corrected chi connectivity index (χ3v) is 7.64. The molecule has 0 spiro atoms. The summed E-state index contributed by atoms with van der Waals surface area (Å²) in [4.78, 5) is 26.4. The number of carboxylic acid groups (broad SMARTS) is 1. The predicted molar refractivity (Wildman–Crippen MR) is 153 cm³/mol. The number of carboxylic acids is 1. The number of aromatic carboxylic acids is 1. The molecule has 37 heavy (non-hydrogen) atoms. The minimum Gasteiger partial charge on any atom is -0.490 e. The van der Waals surface area contributed by atoms with Crippen LogP contribution in [-0.4, -0.2) is 32.8 Å². The van der Waals surface area contributed by atoms with Crippen molar-refractivity contribution in [2.75, 3.05) is 6.61 Å². The highest BCUT2D eigenvalue weighted by Crippen LogP contribution is 2.39. The van der Waals surface area contributed by atoms with E-state index >= 15 is 0 Å². The Labute approximate surface area is 233 Å². The van der Waals surface area contributed by atoms with E-state index < -0.39 is 5.97 Å². The Morgan fingerprint density at radius 2 is 1.70 bits per heavy atom. The maximum absolute atomic E-state index is 13.1. The Morgan fingerprint density at radius 1 is 1.05 bits per heavy atom. The van der Waals surface area contributed by atoms with Crippen molar-refractivity contribution in [2.45, 2.75) is 27.0 Å². The number of aryl methyl sites for hydroxylation is 1. The van der Waals surface area contributed by atoms with Gasteiger partial charge in [-0.05, 0) is 60.9 Å². The van der Waals surface area contributed by atoms with Gasteiger partial charge in [0.1, 0.15) is 10.9 Å². The second-order valence-corrected chi connectivity index (χ2v) is 10.8. The number of carbonyl (C=O) groups is 2. The van der Waals surface area contributed by atoms with E-state index in [0.717, 1.165) is 26.7 Å². The zero-order valence-corrected chi connectivity index (χ0v) is 23.4. The van der Waals surface area contributed by atoms with E-state index in [-0.39, 0.29) is 18.1 Å². The summed E-state index contributed by atoms with van der Waals surface area (Å²) in [5, 5.41) is 9.07. The molecule has 190 valence electrons. The molecule has 1 aliphatic rings. The first-order valence-electron chi connectivity index (χ1n) is 11.5. The second kappa shape index (κ2) is 11.9. The maximum Gasteiger partial charge on any atom is 0.335 e. The first kappa shape index (κ1) is 26.9. The molecule has 0 atom stereocenters. The molecular weight excluding hydrogens is 574 g/mol. The van der Waals surface area contributed by atoms with Crippen LogP contribution in [0, 0.1) is 6.92 Å². The van der Waals surface area contributed by atoms with Gasteiger partial charge in [0.15, 0.2) is 11.5 Å². The normalized spacial score (nSPS) is 14.4. The maximum atomic E-state index is 13.1. The Morgan fingerprint density at radius 3 is 2.35 bits per heavy atom. The lowest BCUT2D eigenvalue weighted by Crippen LogP contribution is -2.27. The van der Waals surface area contributed by atoms with E-state index in [2.05, 4.69) is 15.9 Å². The largest absolute Gasteiger partial charge is 0.490 e. The summed E-state index contributed by atoms with van der Waals surface area (Å²) < 4.78 is 13.1. The number of halogens is 1. The summed E-state index contributed by atoms with van der Waals surface area (Å²) in [6.07, 6.45) is 1.80. The van der Waals surface area contributed by atoms with Crippen molar-refractivity contribution < 1.29 is 24.2 Å². The number of carbonyl (C=O) groups excluding carboxylic acids is 1. The smallest absolute Gasteiger partial charge is 0.335 e. The standard InChI is InChI=1S/C28H24BrNO5S2/c1-3-34-23-12-21(22(29)14-24(23)35-16-19-8-10-20(11-9-19)27(32)33)13-25-26(31)30(28(36)37-25)15-18-6-4-17(2)5-7-18/h4-14H,3,15-16H2,1-2H3,(H,32,33)/b25-13-. The van der Waals surface area contributed by atoms with Crippen molar-refractivity contribution in [2.24, 2.45) is 0 Å². The van der Waals surface area contributed by atoms with Crippen LogP contribution in [0.15, 0.2) is 70.0 Å². The molecule has 3 aromatic carbocycles. The molecule has 1 heterocycles. The average Bonchev–Trinajstić information content (AvgIpc) is 3.14. The molecule has 0 bridgehead atoms. The molecule has 9 heteroatoms. The first-order valence-corrected chi connectivity index (χ1v) is 13.5. The summed E-state index contributed by atoms with van der Waals surface area (Å²) in [5.74, 6) is -0.0439. The van der Waals surface area contributed by atoms with Crippen molar-refractivity contribution in [1.29, 1.82) is 0 Å². The van der Waals surface area contributed by atoms with Gasteiger partial charge in [-0.25, -0.2) is 4.79 Å². The van der Waals surface area contributed by atoms with Crippen molar-refractivity contribution in [3.8, 4) is 11.5 Å². The van der Waals surface area contributed by atoms with Gasteiger partial charge in [0, 0.05) is 4.47 Å². The number of benzene rings is 3. The summed E-state index contributed by atoms with van der Waals surface area (Å²) in [7, 11) is 0. The van der Waals surface area contributed by atoms with Gasteiger partial charge in [0.25, 0.3) is 5.91 Å². The van der Waals surface area contributed by atoms with Gasteiger partial charge in [-0.15, -0.1) is 0 Å². The number of thiocarbonyl (C=S) groups is 1. The summed E-state index contributed by atoms with van der Waals surface area (Å²) >= 11 is 10.4. The molecule has 1 saturated heterocycles. The van der Waals surface area contributed by atoms with E-state index in [0.29, 0.717) is 33.9 Å². The zero-order valence-electron chi connectivity index (χ0n) is 20.2. The predicted octanol–water partition coefficient (Wildman–Crippen LogP) is 6.83. The van der Waals surface area contributed by atoms with Gasteiger partial charge in [0.2, 0.25) is 0 Å². The molecular formula is C28H24BrNO5S2. The van der Waals surface area contributed by atoms with Crippen LogP contribution in [-0.2, 0) is 17.9 Å². The van der Waals surface area contributed by atoms with Crippen LogP contribution in [0.4, 0.5) is 0 Å². The van der Waals surface area contributed by atoms with Crippen LogP contribution in [0.5, 0.6) is 11.5 Å². The van der Waals surface area contributed by atoms with Crippen molar-refractivity contribution in [3.63, 3.8) is 0 Å². The van der Waals surface area contributed by atoms with Crippen LogP contribution in [0.3, 0.4) is 0 Å². The number of hydrogen-bond acceptors (Lipinski definition) is 6. The highest BCUT2D eigenvalue weighted by atomic mass is 79.9. The third-order valence-electron chi connectivity index (χ3n) is 5.58. The number of rotatable bonds is 9. The Hall–Kier alpha value is -3.14. The SMILES string of the molecule is CCOc1cc(/C=C2\SC(=S)N(Cc3ccc(C)cc3)C2=O)c(Br)cc1OCc1ccc(C(=O)O)cc1. The molecule has 0 radical (unpaired) electrons. The van der Waals surface area contributed by atoms with E-state index in [1.807, 2.05) is 44.2 Å². The number of amides is 1. The van der Waals surface area contributed by atoms with Gasteiger partial charge in [-0.1, -0.05) is 81.9 Å². The highest BCUT2D eigenvalue weighted by Gasteiger charge is 2.32. The third kappa shape index (κ3) is 6.60. The van der Waals surface area contributed by atoms with E-state index in [1.54, 1.807) is 41.3 Å². The zero-order chi connectivity index (χ0) is 26.5. The fraction of sp³-hybridized carbons (Fsp3) is 0.179. The van der Waals surface area contributed by atoms with Crippen LogP contribution in [0.1, 0.15) is 39.5 Å². The fourth-order valence-electron chi connectivity index (χ4n) is 3.60. The van der Waals surface area contributed by atoms with Crippen molar-refractivity contribution >= 4 is 62.2 Å². The molecule has 1 aliphatic heterocycles. The van der Waals surface area contributed by atoms with E-state index in [1.165, 1.54) is 11.8 Å². The van der Waals surface area contributed by atoms with Crippen LogP contribution < -0.4 is 9.47 Å². The topological polar surface area (TPSA) is 76.1 Å². The number of thioether (sulfide) groups is 1. The van der Waals surface area contributed by atoms with Crippen molar-refractivity contribution in [1.82, 2.24) is 4.90 Å². The van der Waals surface area contributed by atoms with Gasteiger partial charge in [-0.3, -0.25) is 9.69 Å². The summed E-state index contributed by atoms with van der Waals surface area (Å²) in [6, 6.07) is 18.2. The van der Waals surface area contributed by atoms with Crippen molar-refractivity contribution in [3.05, 3.63) is 97.9 Å². The van der Waals surface area contributed by atoms with E-state index in [9.17, 15) is 9.59 Å². The van der Waals surface area contributed by atoms with Gasteiger partial charge in [0.05, 0.1) is 23.6 Å². The number of hydrogen-bond donors (Lipinski definition) is 1. The quantitative estimate of drug-likeness (QED) is 0.214. The minimum atomic E-state index is -0.974. The summed E-state index contributed by atoms with van der Waals surface area (Å²) in [5.41, 5.74) is 3.98. The Kier molecular flexibility index (Phi) is 8.68. The molecule has 0 saturated carbocycles. The lowest BCUT2D eigenvalue weighted by molar-refractivity contribution is -0.122. The minimum absolute atomic E-state index is 0.134. The second-order valence-electron chi connectivity index (χ2n) is 8.30. The molecule has 3 aromatic rings. The van der Waals surface area contributed by atoms with Crippen LogP contribution in [0.25, 0.3) is 6.08 Å². The molecule has 1 fully saturated rings. The Balaban J connectivity index is 1.53. The Bertz CT molecular complexity index is 1370. The molecule has 4 rings (SSSR count). The lowest BCUT2D eigenvalue weighted by Gasteiger charge is -2.15. The number of nitrogens with zero attached hydrogens (tertiary/aromatic N) is 1. The molecule has 0 unspecified atom stereocenters. The molecule has 0 aromatic heterocycles.